The summed E-state index contributed by atoms with van der Waals surface area (Å²) in [6.45, 7) is 1.86. The number of carbonyl (C=O) groups is 1. The monoisotopic (exact) mass is 180 g/mol. The number of nitrogens with one attached hydrogen (secondary N) is 1. The van der Waals surface area contributed by atoms with Crippen molar-refractivity contribution in [3.8, 4) is 0 Å². The summed E-state index contributed by atoms with van der Waals surface area (Å²) in [5.41, 5.74) is 3.32. The van der Waals surface area contributed by atoms with Crippen LogP contribution in [-0.2, 0) is 4.79 Å². The van der Waals surface area contributed by atoms with E-state index in [0.717, 1.165) is 10.6 Å². The second kappa shape index (κ2) is 2.71. The molecule has 1 N–H and O–H groups in total. The average Bonchev–Trinajstić information content (AvgIpc) is 2.64. The van der Waals surface area contributed by atoms with Gasteiger partial charge in [-0.15, -0.1) is 11.3 Å². The largest absolute Gasteiger partial charge is 0.272 e. The van der Waals surface area contributed by atoms with Crippen molar-refractivity contribution in [2.75, 3.05) is 0 Å². The molecule has 1 unspecified atom stereocenters. The van der Waals surface area contributed by atoms with Gasteiger partial charge in [-0.2, -0.15) is 5.10 Å². The number of carbonyl (C=O) groups excluding carboxylic acids is 1. The Balaban J connectivity index is 2.32. The fourth-order valence-electron chi connectivity index (χ4n) is 1.13. The number of rotatable bonds is 1. The first-order valence-corrected chi connectivity index (χ1v) is 4.58. The van der Waals surface area contributed by atoms with Crippen LogP contribution in [0.5, 0.6) is 0 Å². The van der Waals surface area contributed by atoms with Crippen molar-refractivity contribution in [3.63, 3.8) is 0 Å². The molecule has 0 saturated heterocycles. The van der Waals surface area contributed by atoms with Gasteiger partial charge in [0.25, 0.3) is 0 Å². The Bertz CT molecular complexity index is 329. The molecule has 0 radical (unpaired) electrons. The molecule has 0 spiro atoms. The topological polar surface area (TPSA) is 41.5 Å². The number of amides is 1. The number of hydrazone groups is 1. The Kier molecular flexibility index (Phi) is 1.69. The van der Waals surface area contributed by atoms with Gasteiger partial charge in [0.1, 0.15) is 0 Å². The van der Waals surface area contributed by atoms with E-state index in [2.05, 4.69) is 10.5 Å². The van der Waals surface area contributed by atoms with Crippen molar-refractivity contribution >= 4 is 23.0 Å². The predicted molar refractivity (Wildman–Crippen MR) is 48.2 cm³/mol. The van der Waals surface area contributed by atoms with Crippen LogP contribution in [0.1, 0.15) is 11.8 Å². The van der Waals surface area contributed by atoms with Crippen molar-refractivity contribution in [1.29, 1.82) is 0 Å². The van der Waals surface area contributed by atoms with Crippen LogP contribution in [0, 0.1) is 5.92 Å². The highest BCUT2D eigenvalue weighted by Gasteiger charge is 2.26. The van der Waals surface area contributed by atoms with E-state index >= 15 is 0 Å². The van der Waals surface area contributed by atoms with Crippen LogP contribution >= 0.6 is 11.3 Å². The number of nitrogens with zero attached hydrogens (tertiary/aromatic N) is 1. The van der Waals surface area contributed by atoms with Crippen LogP contribution in [0.2, 0.25) is 0 Å². The minimum absolute atomic E-state index is 0.0154. The third kappa shape index (κ3) is 1.04. The van der Waals surface area contributed by atoms with Crippen LogP contribution < -0.4 is 5.43 Å². The smallest absolute Gasteiger partial charge is 0.249 e. The molecule has 0 fully saturated rings. The van der Waals surface area contributed by atoms with E-state index in [9.17, 15) is 4.79 Å². The molecule has 12 heavy (non-hydrogen) atoms. The average molecular weight is 180 g/mol. The van der Waals surface area contributed by atoms with Gasteiger partial charge < -0.3 is 0 Å². The van der Waals surface area contributed by atoms with E-state index in [-0.39, 0.29) is 11.8 Å². The van der Waals surface area contributed by atoms with E-state index in [1.54, 1.807) is 11.3 Å². The van der Waals surface area contributed by atoms with Crippen molar-refractivity contribution in [3.05, 3.63) is 22.4 Å². The molecular formula is C8H8N2OS. The maximum absolute atomic E-state index is 11.1. The summed E-state index contributed by atoms with van der Waals surface area (Å²) in [4.78, 5) is 12.1. The molecule has 0 aliphatic carbocycles. The van der Waals surface area contributed by atoms with E-state index < -0.39 is 0 Å². The summed E-state index contributed by atoms with van der Waals surface area (Å²) in [5.74, 6) is -0.123. The molecule has 1 atom stereocenters. The zero-order chi connectivity index (χ0) is 8.55. The molecule has 1 aliphatic rings. The third-order valence-electron chi connectivity index (χ3n) is 1.86. The van der Waals surface area contributed by atoms with Gasteiger partial charge >= 0.3 is 0 Å². The lowest BCUT2D eigenvalue weighted by Gasteiger charge is -1.99. The van der Waals surface area contributed by atoms with E-state index in [1.807, 2.05) is 24.4 Å². The fourth-order valence-corrected chi connectivity index (χ4v) is 1.93. The van der Waals surface area contributed by atoms with Crippen molar-refractivity contribution < 1.29 is 4.79 Å². The molecule has 1 aromatic heterocycles. The van der Waals surface area contributed by atoms with Crippen molar-refractivity contribution in [1.82, 2.24) is 5.43 Å². The minimum Gasteiger partial charge on any atom is -0.272 e. The summed E-state index contributed by atoms with van der Waals surface area (Å²) < 4.78 is 0. The summed E-state index contributed by atoms with van der Waals surface area (Å²) in [7, 11) is 0. The van der Waals surface area contributed by atoms with Gasteiger partial charge in [0.05, 0.1) is 16.5 Å². The molecule has 2 heterocycles. The lowest BCUT2D eigenvalue weighted by atomic mass is 10.1. The second-order valence-corrected chi connectivity index (χ2v) is 3.62. The lowest BCUT2D eigenvalue weighted by molar-refractivity contribution is -0.121. The quantitative estimate of drug-likeness (QED) is 0.693. The lowest BCUT2D eigenvalue weighted by Crippen LogP contribution is -2.19. The zero-order valence-electron chi connectivity index (χ0n) is 6.57. The molecule has 1 aliphatic heterocycles. The normalized spacial score (nSPS) is 22.2. The molecule has 1 aromatic rings. The van der Waals surface area contributed by atoms with E-state index in [4.69, 9.17) is 0 Å². The maximum Gasteiger partial charge on any atom is 0.249 e. The first-order valence-electron chi connectivity index (χ1n) is 3.70. The highest BCUT2D eigenvalue weighted by atomic mass is 32.1. The van der Waals surface area contributed by atoms with E-state index in [0.29, 0.717) is 0 Å². The van der Waals surface area contributed by atoms with Gasteiger partial charge in [-0.25, -0.2) is 5.43 Å². The number of hydrogen-bond acceptors (Lipinski definition) is 3. The van der Waals surface area contributed by atoms with Crippen LogP contribution in [-0.4, -0.2) is 11.6 Å². The third-order valence-corrected chi connectivity index (χ3v) is 2.76. The molecule has 0 aromatic carbocycles. The van der Waals surface area contributed by atoms with Crippen molar-refractivity contribution in [2.45, 2.75) is 6.92 Å². The standard InChI is InChI=1S/C8H8N2OS/c1-5-7(9-10-8(5)11)6-3-2-4-12-6/h2-5H,1H3,(H,10,11). The van der Waals surface area contributed by atoms with Gasteiger partial charge in [-0.3, -0.25) is 4.79 Å². The van der Waals surface area contributed by atoms with Gasteiger partial charge in [0.2, 0.25) is 5.91 Å². The predicted octanol–water partition coefficient (Wildman–Crippen LogP) is 1.22. The molecule has 2 rings (SSSR count). The first kappa shape index (κ1) is 7.49. The Hall–Kier alpha value is -1.16. The highest BCUT2D eigenvalue weighted by Crippen LogP contribution is 2.18. The molecule has 62 valence electrons. The minimum atomic E-state index is -0.108. The van der Waals surface area contributed by atoms with Crippen molar-refractivity contribution in [2.24, 2.45) is 11.0 Å². The summed E-state index contributed by atoms with van der Waals surface area (Å²) in [5, 5.41) is 5.95. The Labute approximate surface area is 74.1 Å². The number of thiophene rings is 1. The van der Waals surface area contributed by atoms with Crippen LogP contribution in [0.15, 0.2) is 22.6 Å². The Morgan fingerprint density at radius 1 is 1.67 bits per heavy atom. The van der Waals surface area contributed by atoms with Gasteiger partial charge in [-0.1, -0.05) is 6.07 Å². The SMILES string of the molecule is CC1C(=O)NN=C1c1cccs1. The second-order valence-electron chi connectivity index (χ2n) is 2.67. The number of hydrogen-bond donors (Lipinski definition) is 1. The van der Waals surface area contributed by atoms with Crippen LogP contribution in [0.3, 0.4) is 0 Å². The Morgan fingerprint density at radius 3 is 3.00 bits per heavy atom. The van der Waals surface area contributed by atoms with Gasteiger partial charge in [0.15, 0.2) is 0 Å². The van der Waals surface area contributed by atoms with Gasteiger partial charge in [0, 0.05) is 0 Å². The molecule has 0 saturated carbocycles. The summed E-state index contributed by atoms with van der Waals surface area (Å²) >= 11 is 1.60. The van der Waals surface area contributed by atoms with Crippen LogP contribution in [0.25, 0.3) is 0 Å². The van der Waals surface area contributed by atoms with Gasteiger partial charge in [-0.05, 0) is 18.4 Å². The summed E-state index contributed by atoms with van der Waals surface area (Å²) in [6, 6.07) is 3.93. The van der Waals surface area contributed by atoms with Crippen LogP contribution in [0.4, 0.5) is 0 Å². The summed E-state index contributed by atoms with van der Waals surface area (Å²) in [6.07, 6.45) is 0. The molecule has 4 heteroatoms. The zero-order valence-corrected chi connectivity index (χ0v) is 7.39. The highest BCUT2D eigenvalue weighted by molar-refractivity contribution is 7.12. The molecule has 3 nitrogen and oxygen atoms in total. The maximum atomic E-state index is 11.1. The molecule has 0 bridgehead atoms. The Morgan fingerprint density at radius 2 is 2.50 bits per heavy atom. The first-order chi connectivity index (χ1) is 5.79. The fraction of sp³-hybridized carbons (Fsp3) is 0.250. The van der Waals surface area contributed by atoms with E-state index in [1.165, 1.54) is 0 Å². The molecule has 1 amide bonds. The molecular weight excluding hydrogens is 172 g/mol.